The quantitative estimate of drug-likeness (QED) is 0.834. The van der Waals surface area contributed by atoms with Gasteiger partial charge in [0.1, 0.15) is 0 Å². The third kappa shape index (κ3) is 3.40. The Bertz CT molecular complexity index is 724. The smallest absolute Gasteiger partial charge is 0.254 e. The number of rotatable bonds is 5. The van der Waals surface area contributed by atoms with E-state index in [1.165, 1.54) is 5.56 Å². The Morgan fingerprint density at radius 3 is 2.38 bits per heavy atom. The van der Waals surface area contributed by atoms with Crippen molar-refractivity contribution in [1.29, 1.82) is 0 Å². The van der Waals surface area contributed by atoms with Crippen LogP contribution in [0.5, 0.6) is 0 Å². The van der Waals surface area contributed by atoms with Gasteiger partial charge in [-0.05, 0) is 29.7 Å². The van der Waals surface area contributed by atoms with E-state index < -0.39 is 0 Å². The van der Waals surface area contributed by atoms with Crippen molar-refractivity contribution in [2.75, 3.05) is 0 Å². The molecule has 1 aliphatic rings. The van der Waals surface area contributed by atoms with Gasteiger partial charge < -0.3 is 4.90 Å². The lowest BCUT2D eigenvalue weighted by Crippen LogP contribution is -2.48. The van der Waals surface area contributed by atoms with Crippen molar-refractivity contribution in [3.8, 4) is 0 Å². The predicted octanol–water partition coefficient (Wildman–Crippen LogP) is 4.01. The summed E-state index contributed by atoms with van der Waals surface area (Å²) in [4.78, 5) is 27.5. The minimum Gasteiger partial charge on any atom is -0.324 e. The number of fused-ring (bicyclic) bond motifs is 1. The summed E-state index contributed by atoms with van der Waals surface area (Å²) >= 11 is 0. The van der Waals surface area contributed by atoms with E-state index in [-0.39, 0.29) is 17.7 Å². The molecule has 0 bridgehead atoms. The fraction of sp³-hybridized carbons (Fsp3) is 0.333. The predicted molar refractivity (Wildman–Crippen MR) is 94.8 cm³/mol. The first-order valence-electron chi connectivity index (χ1n) is 8.66. The van der Waals surface area contributed by atoms with Crippen molar-refractivity contribution in [2.45, 2.75) is 45.2 Å². The van der Waals surface area contributed by atoms with Gasteiger partial charge in [-0.1, -0.05) is 55.8 Å². The normalized spacial score (nSPS) is 16.5. The molecule has 1 amide bonds. The van der Waals surface area contributed by atoms with Gasteiger partial charge in [-0.25, -0.2) is 0 Å². The summed E-state index contributed by atoms with van der Waals surface area (Å²) in [7, 11) is 0. The van der Waals surface area contributed by atoms with Crippen LogP contribution >= 0.6 is 0 Å². The van der Waals surface area contributed by atoms with Gasteiger partial charge in [-0.2, -0.15) is 0 Å². The highest BCUT2D eigenvalue weighted by Gasteiger charge is 2.34. The van der Waals surface area contributed by atoms with Crippen LogP contribution in [0.2, 0.25) is 0 Å². The fourth-order valence-corrected chi connectivity index (χ4v) is 3.29. The van der Waals surface area contributed by atoms with Crippen LogP contribution in [-0.2, 0) is 17.8 Å². The first-order valence-corrected chi connectivity index (χ1v) is 8.66. The van der Waals surface area contributed by atoms with E-state index in [1.807, 2.05) is 48.5 Å². The number of carbonyl (C=O) groups is 2. The Balaban J connectivity index is 1.91. The molecule has 0 fully saturated rings. The number of benzene rings is 2. The van der Waals surface area contributed by atoms with Crippen LogP contribution in [0.4, 0.5) is 0 Å². The van der Waals surface area contributed by atoms with Crippen LogP contribution < -0.4 is 0 Å². The number of hydrogen-bond donors (Lipinski definition) is 0. The van der Waals surface area contributed by atoms with E-state index in [0.717, 1.165) is 18.4 Å². The van der Waals surface area contributed by atoms with Crippen LogP contribution in [0, 0.1) is 0 Å². The molecule has 1 heterocycles. The topological polar surface area (TPSA) is 37.4 Å². The molecule has 1 atom stereocenters. The van der Waals surface area contributed by atoms with Gasteiger partial charge in [-0.3, -0.25) is 9.59 Å². The summed E-state index contributed by atoms with van der Waals surface area (Å²) in [5.74, 6) is 0.121. The molecule has 124 valence electrons. The number of hydrogen-bond acceptors (Lipinski definition) is 2. The molecule has 0 saturated carbocycles. The van der Waals surface area contributed by atoms with Crippen molar-refractivity contribution in [1.82, 2.24) is 4.90 Å². The van der Waals surface area contributed by atoms with Gasteiger partial charge in [0.05, 0.1) is 6.04 Å². The Kier molecular flexibility index (Phi) is 5.09. The standard InChI is InChI=1S/C21H23NO2/c1-2-3-13-20(23)19-14-17-11-7-8-12-18(17)15-22(19)21(24)16-9-5-4-6-10-16/h4-12,19H,2-3,13-15H2,1H3. The molecule has 3 heteroatoms. The molecule has 0 aliphatic carbocycles. The van der Waals surface area contributed by atoms with Gasteiger partial charge in [-0.15, -0.1) is 0 Å². The van der Waals surface area contributed by atoms with Gasteiger partial charge in [0, 0.05) is 24.9 Å². The van der Waals surface area contributed by atoms with Crippen LogP contribution in [0.3, 0.4) is 0 Å². The molecule has 0 saturated heterocycles. The maximum atomic E-state index is 13.0. The summed E-state index contributed by atoms with van der Waals surface area (Å²) in [6, 6.07) is 17.0. The number of Topliss-reactive ketones (excluding diaryl/α,β-unsaturated/α-hetero) is 1. The molecule has 0 aromatic heterocycles. The minimum atomic E-state index is -0.348. The Morgan fingerprint density at radius 1 is 1.00 bits per heavy atom. The van der Waals surface area contributed by atoms with Gasteiger partial charge in [0.15, 0.2) is 5.78 Å². The highest BCUT2D eigenvalue weighted by molar-refractivity contribution is 5.98. The van der Waals surface area contributed by atoms with Crippen molar-refractivity contribution < 1.29 is 9.59 Å². The lowest BCUT2D eigenvalue weighted by Gasteiger charge is -2.36. The van der Waals surface area contributed by atoms with Crippen LogP contribution in [0.25, 0.3) is 0 Å². The second-order valence-electron chi connectivity index (χ2n) is 6.36. The highest BCUT2D eigenvalue weighted by Crippen LogP contribution is 2.26. The molecule has 2 aromatic rings. The zero-order valence-corrected chi connectivity index (χ0v) is 14.1. The number of ketones is 1. The first-order chi connectivity index (χ1) is 11.7. The average Bonchev–Trinajstić information content (AvgIpc) is 2.65. The molecule has 24 heavy (non-hydrogen) atoms. The molecule has 0 N–H and O–H groups in total. The van der Waals surface area contributed by atoms with Gasteiger partial charge >= 0.3 is 0 Å². The summed E-state index contributed by atoms with van der Waals surface area (Å²) in [6.45, 7) is 2.59. The van der Waals surface area contributed by atoms with Crippen LogP contribution in [0.15, 0.2) is 54.6 Å². The summed E-state index contributed by atoms with van der Waals surface area (Å²) < 4.78 is 0. The zero-order valence-electron chi connectivity index (χ0n) is 14.1. The highest BCUT2D eigenvalue weighted by atomic mass is 16.2. The van der Waals surface area contributed by atoms with E-state index in [1.54, 1.807) is 4.90 Å². The average molecular weight is 321 g/mol. The number of carbonyl (C=O) groups excluding carboxylic acids is 2. The number of unbranched alkanes of at least 4 members (excludes halogenated alkanes) is 1. The molecule has 1 unspecified atom stereocenters. The fourth-order valence-electron chi connectivity index (χ4n) is 3.29. The Morgan fingerprint density at radius 2 is 1.67 bits per heavy atom. The zero-order chi connectivity index (χ0) is 16.9. The third-order valence-electron chi connectivity index (χ3n) is 4.68. The second kappa shape index (κ2) is 7.43. The minimum absolute atomic E-state index is 0.0556. The van der Waals surface area contributed by atoms with Gasteiger partial charge in [0.25, 0.3) is 5.91 Å². The molecule has 2 aromatic carbocycles. The van der Waals surface area contributed by atoms with E-state index in [9.17, 15) is 9.59 Å². The van der Waals surface area contributed by atoms with Crippen LogP contribution in [-0.4, -0.2) is 22.6 Å². The molecule has 0 spiro atoms. The Labute approximate surface area is 143 Å². The van der Waals surface area contributed by atoms with Gasteiger partial charge in [0.2, 0.25) is 0 Å². The van der Waals surface area contributed by atoms with E-state index in [4.69, 9.17) is 0 Å². The van der Waals surface area contributed by atoms with Crippen molar-refractivity contribution in [3.63, 3.8) is 0 Å². The summed E-state index contributed by atoms with van der Waals surface area (Å²) in [6.07, 6.45) is 3.03. The molecular formula is C21H23NO2. The van der Waals surface area contributed by atoms with Crippen molar-refractivity contribution >= 4 is 11.7 Å². The Hall–Kier alpha value is -2.42. The molecule has 3 rings (SSSR count). The number of amides is 1. The SMILES string of the molecule is CCCCC(=O)C1Cc2ccccc2CN1C(=O)c1ccccc1. The second-order valence-corrected chi connectivity index (χ2v) is 6.36. The number of nitrogens with zero attached hydrogens (tertiary/aromatic N) is 1. The van der Waals surface area contributed by atoms with Crippen LogP contribution in [0.1, 0.15) is 47.7 Å². The first kappa shape index (κ1) is 16.4. The molecule has 3 nitrogen and oxygen atoms in total. The summed E-state index contributed by atoms with van der Waals surface area (Å²) in [5, 5.41) is 0. The monoisotopic (exact) mass is 321 g/mol. The molecular weight excluding hydrogens is 298 g/mol. The third-order valence-corrected chi connectivity index (χ3v) is 4.68. The summed E-state index contributed by atoms with van der Waals surface area (Å²) in [5.41, 5.74) is 2.97. The maximum absolute atomic E-state index is 13.0. The van der Waals surface area contributed by atoms with E-state index in [2.05, 4.69) is 13.0 Å². The molecule has 0 radical (unpaired) electrons. The lowest BCUT2D eigenvalue weighted by molar-refractivity contribution is -0.124. The van der Waals surface area contributed by atoms with E-state index in [0.29, 0.717) is 24.9 Å². The van der Waals surface area contributed by atoms with E-state index >= 15 is 0 Å². The lowest BCUT2D eigenvalue weighted by atomic mass is 9.89. The largest absolute Gasteiger partial charge is 0.324 e. The van der Waals surface area contributed by atoms with Crippen molar-refractivity contribution in [3.05, 3.63) is 71.3 Å². The maximum Gasteiger partial charge on any atom is 0.254 e. The van der Waals surface area contributed by atoms with Crippen molar-refractivity contribution in [2.24, 2.45) is 0 Å². The molecule has 1 aliphatic heterocycles.